The summed E-state index contributed by atoms with van der Waals surface area (Å²) in [6.07, 6.45) is 0. The molecule has 0 fully saturated rings. The van der Waals surface area contributed by atoms with E-state index in [1.165, 1.54) is 7.11 Å². The number of methoxy groups -OCH3 is 1. The second-order valence-electron chi connectivity index (χ2n) is 5.85. The molecule has 0 radical (unpaired) electrons. The molecule has 2 aromatic carbocycles. The predicted octanol–water partition coefficient (Wildman–Crippen LogP) is 3.89. The van der Waals surface area contributed by atoms with Gasteiger partial charge in [0.25, 0.3) is 5.91 Å². The summed E-state index contributed by atoms with van der Waals surface area (Å²) in [5, 5.41) is 3.68. The van der Waals surface area contributed by atoms with Crippen LogP contribution < -0.4 is 5.32 Å². The van der Waals surface area contributed by atoms with Crippen molar-refractivity contribution >= 4 is 28.5 Å². The van der Waals surface area contributed by atoms with E-state index >= 15 is 0 Å². The van der Waals surface area contributed by atoms with Gasteiger partial charge in [-0.3, -0.25) is 9.78 Å². The number of amides is 1. The maximum atomic E-state index is 12.7. The molecule has 0 aliphatic rings. The van der Waals surface area contributed by atoms with E-state index < -0.39 is 5.97 Å². The van der Waals surface area contributed by atoms with E-state index in [2.05, 4.69) is 15.0 Å². The molecule has 1 amide bonds. The summed E-state index contributed by atoms with van der Waals surface area (Å²) < 4.78 is 4.67. The standard InChI is InChI=1S/C20H18N2O3/c1-12-4-9-18-16(10-12)17(11-13(2)21-18)19(23)22-15-7-5-14(6-8-15)20(24)25-3/h4-11H,1-3H3,(H,22,23). The number of esters is 1. The number of anilines is 1. The molecule has 1 N–H and O–H groups in total. The highest BCUT2D eigenvalue weighted by Crippen LogP contribution is 2.21. The van der Waals surface area contributed by atoms with Crippen LogP contribution >= 0.6 is 0 Å². The number of carbonyl (C=O) groups is 2. The van der Waals surface area contributed by atoms with Crippen LogP contribution in [0.15, 0.2) is 48.5 Å². The van der Waals surface area contributed by atoms with Gasteiger partial charge in [0.1, 0.15) is 0 Å². The van der Waals surface area contributed by atoms with Crippen LogP contribution in [0.4, 0.5) is 5.69 Å². The number of nitrogens with one attached hydrogen (secondary N) is 1. The minimum atomic E-state index is -0.413. The summed E-state index contributed by atoms with van der Waals surface area (Å²) in [5.41, 5.74) is 4.24. The van der Waals surface area contributed by atoms with E-state index in [1.807, 2.05) is 32.0 Å². The third-order valence-corrected chi connectivity index (χ3v) is 3.90. The molecule has 0 aliphatic carbocycles. The fourth-order valence-corrected chi connectivity index (χ4v) is 2.67. The number of carbonyl (C=O) groups excluding carboxylic acids is 2. The highest BCUT2D eigenvalue weighted by atomic mass is 16.5. The molecule has 126 valence electrons. The van der Waals surface area contributed by atoms with Crippen molar-refractivity contribution in [1.29, 1.82) is 0 Å². The molecule has 5 nitrogen and oxygen atoms in total. The van der Waals surface area contributed by atoms with Crippen LogP contribution in [-0.4, -0.2) is 24.0 Å². The topological polar surface area (TPSA) is 68.3 Å². The van der Waals surface area contributed by atoms with E-state index in [4.69, 9.17) is 0 Å². The monoisotopic (exact) mass is 334 g/mol. The number of benzene rings is 2. The van der Waals surface area contributed by atoms with Gasteiger partial charge in [0, 0.05) is 16.8 Å². The minimum absolute atomic E-state index is 0.216. The van der Waals surface area contributed by atoms with Gasteiger partial charge >= 0.3 is 5.97 Å². The Hall–Kier alpha value is -3.21. The second kappa shape index (κ2) is 6.73. The van der Waals surface area contributed by atoms with Crippen molar-refractivity contribution in [3.05, 3.63) is 70.9 Å². The molecule has 1 heterocycles. The van der Waals surface area contributed by atoms with Gasteiger partial charge in [-0.2, -0.15) is 0 Å². The molecule has 0 saturated carbocycles. The molecule has 1 aromatic heterocycles. The fraction of sp³-hybridized carbons (Fsp3) is 0.150. The van der Waals surface area contributed by atoms with Crippen LogP contribution in [0.1, 0.15) is 32.0 Å². The summed E-state index contributed by atoms with van der Waals surface area (Å²) >= 11 is 0. The van der Waals surface area contributed by atoms with E-state index in [0.717, 1.165) is 22.2 Å². The van der Waals surface area contributed by atoms with Crippen molar-refractivity contribution in [2.45, 2.75) is 13.8 Å². The Morgan fingerprint density at radius 1 is 1.00 bits per heavy atom. The first-order valence-electron chi connectivity index (χ1n) is 7.85. The summed E-state index contributed by atoms with van der Waals surface area (Å²) in [5.74, 6) is -0.629. The van der Waals surface area contributed by atoms with Gasteiger partial charge in [-0.1, -0.05) is 11.6 Å². The average Bonchev–Trinajstić information content (AvgIpc) is 2.61. The van der Waals surface area contributed by atoms with E-state index in [1.54, 1.807) is 30.3 Å². The number of nitrogens with zero attached hydrogens (tertiary/aromatic N) is 1. The molecule has 0 saturated heterocycles. The molecule has 0 spiro atoms. The molecule has 5 heteroatoms. The van der Waals surface area contributed by atoms with Crippen LogP contribution in [-0.2, 0) is 4.74 Å². The predicted molar refractivity (Wildman–Crippen MR) is 97.0 cm³/mol. The smallest absolute Gasteiger partial charge is 0.337 e. The van der Waals surface area contributed by atoms with Crippen molar-refractivity contribution in [3.8, 4) is 0 Å². The molecule has 0 atom stereocenters. The molecule has 25 heavy (non-hydrogen) atoms. The number of hydrogen-bond acceptors (Lipinski definition) is 4. The van der Waals surface area contributed by atoms with Crippen molar-refractivity contribution in [2.75, 3.05) is 12.4 Å². The fourth-order valence-electron chi connectivity index (χ4n) is 2.67. The highest BCUT2D eigenvalue weighted by molar-refractivity contribution is 6.12. The zero-order chi connectivity index (χ0) is 18.0. The molecular formula is C20H18N2O3. The minimum Gasteiger partial charge on any atom is -0.465 e. The Balaban J connectivity index is 1.92. The maximum absolute atomic E-state index is 12.7. The van der Waals surface area contributed by atoms with Gasteiger partial charge in [0.2, 0.25) is 0 Å². The number of pyridine rings is 1. The van der Waals surface area contributed by atoms with Gasteiger partial charge in [0.15, 0.2) is 0 Å². The third-order valence-electron chi connectivity index (χ3n) is 3.90. The van der Waals surface area contributed by atoms with Crippen LogP contribution in [0.2, 0.25) is 0 Å². The quantitative estimate of drug-likeness (QED) is 0.738. The first-order chi connectivity index (χ1) is 12.0. The van der Waals surface area contributed by atoms with Gasteiger partial charge in [-0.05, 0) is 56.3 Å². The Labute approximate surface area is 145 Å². The normalized spacial score (nSPS) is 10.5. The molecule has 3 aromatic rings. The molecule has 3 rings (SSSR count). The lowest BCUT2D eigenvalue weighted by Gasteiger charge is -2.10. The van der Waals surface area contributed by atoms with Gasteiger partial charge in [0.05, 0.1) is 23.8 Å². The van der Waals surface area contributed by atoms with Crippen molar-refractivity contribution in [3.63, 3.8) is 0 Å². The Kier molecular flexibility index (Phi) is 4.48. The molecule has 0 unspecified atom stereocenters. The summed E-state index contributed by atoms with van der Waals surface area (Å²) in [7, 11) is 1.33. The number of fused-ring (bicyclic) bond motifs is 1. The number of rotatable bonds is 3. The van der Waals surface area contributed by atoms with Crippen molar-refractivity contribution in [2.24, 2.45) is 0 Å². The van der Waals surface area contributed by atoms with E-state index in [0.29, 0.717) is 16.8 Å². The van der Waals surface area contributed by atoms with Crippen LogP contribution in [0.25, 0.3) is 10.9 Å². The molecule has 0 aliphatic heterocycles. The van der Waals surface area contributed by atoms with Crippen LogP contribution in [0, 0.1) is 13.8 Å². The molecule has 0 bridgehead atoms. The Bertz CT molecular complexity index is 963. The zero-order valence-electron chi connectivity index (χ0n) is 14.3. The number of aryl methyl sites for hydroxylation is 2. The third kappa shape index (κ3) is 3.50. The Morgan fingerprint density at radius 3 is 2.40 bits per heavy atom. The molecular weight excluding hydrogens is 316 g/mol. The lowest BCUT2D eigenvalue weighted by Crippen LogP contribution is -2.13. The SMILES string of the molecule is COC(=O)c1ccc(NC(=O)c2cc(C)nc3ccc(C)cc23)cc1. The lowest BCUT2D eigenvalue weighted by molar-refractivity contribution is 0.0600. The lowest BCUT2D eigenvalue weighted by atomic mass is 10.0. The number of ether oxygens (including phenoxy) is 1. The second-order valence-corrected chi connectivity index (χ2v) is 5.85. The number of hydrogen-bond donors (Lipinski definition) is 1. The maximum Gasteiger partial charge on any atom is 0.337 e. The van der Waals surface area contributed by atoms with Crippen LogP contribution in [0.5, 0.6) is 0 Å². The zero-order valence-corrected chi connectivity index (χ0v) is 14.3. The summed E-state index contributed by atoms with van der Waals surface area (Å²) in [4.78, 5) is 28.7. The van der Waals surface area contributed by atoms with Gasteiger partial charge in [-0.25, -0.2) is 4.79 Å². The van der Waals surface area contributed by atoms with Gasteiger partial charge in [-0.15, -0.1) is 0 Å². The summed E-state index contributed by atoms with van der Waals surface area (Å²) in [6, 6.07) is 14.2. The number of aromatic nitrogens is 1. The summed E-state index contributed by atoms with van der Waals surface area (Å²) in [6.45, 7) is 3.84. The average molecular weight is 334 g/mol. The van der Waals surface area contributed by atoms with Crippen LogP contribution in [0.3, 0.4) is 0 Å². The van der Waals surface area contributed by atoms with Crippen molar-refractivity contribution in [1.82, 2.24) is 4.98 Å². The first kappa shape index (κ1) is 16.6. The highest BCUT2D eigenvalue weighted by Gasteiger charge is 2.13. The largest absolute Gasteiger partial charge is 0.465 e. The first-order valence-corrected chi connectivity index (χ1v) is 7.85. The van der Waals surface area contributed by atoms with E-state index in [-0.39, 0.29) is 5.91 Å². The van der Waals surface area contributed by atoms with Gasteiger partial charge < -0.3 is 10.1 Å². The van der Waals surface area contributed by atoms with Crippen molar-refractivity contribution < 1.29 is 14.3 Å². The van der Waals surface area contributed by atoms with E-state index in [9.17, 15) is 9.59 Å². The Morgan fingerprint density at radius 2 is 1.72 bits per heavy atom.